The van der Waals surface area contributed by atoms with Crippen molar-refractivity contribution in [2.24, 2.45) is 0 Å². The molecule has 11 heteroatoms. The molecule has 3 aromatic rings. The predicted molar refractivity (Wildman–Crippen MR) is 141 cm³/mol. The van der Waals surface area contributed by atoms with Gasteiger partial charge in [-0.05, 0) is 57.9 Å². The van der Waals surface area contributed by atoms with Crippen LogP contribution in [0, 0.1) is 18.6 Å². The van der Waals surface area contributed by atoms with Gasteiger partial charge in [0.2, 0.25) is 0 Å². The summed E-state index contributed by atoms with van der Waals surface area (Å²) < 4.78 is 35.0. The number of amides is 2. The molecule has 0 aliphatic carbocycles. The Hall–Kier alpha value is -3.47. The van der Waals surface area contributed by atoms with Crippen LogP contribution in [-0.2, 0) is 11.2 Å². The average molecular weight is 532 g/mol. The van der Waals surface area contributed by atoms with E-state index in [-0.39, 0.29) is 36.2 Å². The van der Waals surface area contributed by atoms with Crippen molar-refractivity contribution in [2.75, 3.05) is 37.3 Å². The summed E-state index contributed by atoms with van der Waals surface area (Å²) in [6, 6.07) is 5.81. The first-order valence-corrected chi connectivity index (χ1v) is 12.8. The molecular formula is C26H31F2N5O3S. The molecule has 198 valence electrons. The number of rotatable bonds is 6. The SMILES string of the molecule is Cc1ccc2c(N)c(C(=O)NCCc3cc(F)c(N4CC(N(C)C(=O)OC(C)(C)C)C4)cc3F)sc2n1. The zero-order valence-electron chi connectivity index (χ0n) is 21.5. The molecule has 1 aliphatic rings. The molecule has 1 fully saturated rings. The van der Waals surface area contributed by atoms with Crippen molar-refractivity contribution in [3.8, 4) is 0 Å². The number of likely N-dealkylation sites (N-methyl/N-ethyl adjacent to an activating group) is 1. The first-order valence-electron chi connectivity index (χ1n) is 12.0. The summed E-state index contributed by atoms with van der Waals surface area (Å²) in [6.45, 7) is 8.06. The quantitative estimate of drug-likeness (QED) is 0.486. The Kier molecular flexibility index (Phi) is 7.27. The number of aromatic nitrogens is 1. The molecule has 1 aromatic carbocycles. The van der Waals surface area contributed by atoms with Crippen molar-refractivity contribution in [1.82, 2.24) is 15.2 Å². The molecule has 0 saturated carbocycles. The second-order valence-electron chi connectivity index (χ2n) is 10.2. The van der Waals surface area contributed by atoms with Gasteiger partial charge in [0.05, 0.1) is 17.4 Å². The van der Waals surface area contributed by atoms with E-state index >= 15 is 0 Å². The lowest BCUT2D eigenvalue weighted by atomic mass is 10.0. The third-order valence-corrected chi connectivity index (χ3v) is 7.28. The fourth-order valence-electron chi connectivity index (χ4n) is 4.04. The minimum Gasteiger partial charge on any atom is -0.444 e. The van der Waals surface area contributed by atoms with E-state index in [1.165, 1.54) is 16.2 Å². The van der Waals surface area contributed by atoms with E-state index < -0.39 is 23.3 Å². The smallest absolute Gasteiger partial charge is 0.410 e. The van der Waals surface area contributed by atoms with Gasteiger partial charge in [-0.1, -0.05) is 0 Å². The summed E-state index contributed by atoms with van der Waals surface area (Å²) in [4.78, 5) is 33.4. The van der Waals surface area contributed by atoms with Crippen LogP contribution in [0.3, 0.4) is 0 Å². The number of ether oxygens (including phenoxy) is 1. The number of nitrogens with zero attached hydrogens (tertiary/aromatic N) is 3. The van der Waals surface area contributed by atoms with Crippen LogP contribution in [0.15, 0.2) is 24.3 Å². The number of thiophene rings is 1. The van der Waals surface area contributed by atoms with Crippen LogP contribution in [0.1, 0.15) is 41.7 Å². The first-order chi connectivity index (χ1) is 17.3. The summed E-state index contributed by atoms with van der Waals surface area (Å²) in [6.07, 6.45) is -0.342. The van der Waals surface area contributed by atoms with Gasteiger partial charge < -0.3 is 25.6 Å². The number of pyridine rings is 1. The van der Waals surface area contributed by atoms with Crippen molar-refractivity contribution < 1.29 is 23.1 Å². The van der Waals surface area contributed by atoms with Crippen molar-refractivity contribution >= 4 is 44.9 Å². The predicted octanol–water partition coefficient (Wildman–Crippen LogP) is 4.49. The largest absolute Gasteiger partial charge is 0.444 e. The van der Waals surface area contributed by atoms with Gasteiger partial charge >= 0.3 is 6.09 Å². The summed E-state index contributed by atoms with van der Waals surface area (Å²) in [7, 11) is 1.63. The van der Waals surface area contributed by atoms with E-state index in [4.69, 9.17) is 10.5 Å². The highest BCUT2D eigenvalue weighted by molar-refractivity contribution is 7.21. The Morgan fingerprint density at radius 2 is 1.95 bits per heavy atom. The molecule has 0 unspecified atom stereocenters. The molecule has 3 N–H and O–H groups in total. The molecule has 0 spiro atoms. The van der Waals surface area contributed by atoms with E-state index in [1.807, 2.05) is 19.1 Å². The normalized spacial score (nSPS) is 14.0. The van der Waals surface area contributed by atoms with Gasteiger partial charge in [0.15, 0.2) is 0 Å². The van der Waals surface area contributed by atoms with Crippen LogP contribution in [0.4, 0.5) is 25.0 Å². The number of benzene rings is 1. The van der Waals surface area contributed by atoms with Crippen molar-refractivity contribution in [3.63, 3.8) is 0 Å². The van der Waals surface area contributed by atoms with Gasteiger partial charge in [0, 0.05) is 43.8 Å². The second kappa shape index (κ2) is 10.1. The lowest BCUT2D eigenvalue weighted by Gasteiger charge is -2.45. The van der Waals surface area contributed by atoms with Gasteiger partial charge in [-0.2, -0.15) is 0 Å². The zero-order chi connectivity index (χ0) is 27.1. The van der Waals surface area contributed by atoms with Crippen LogP contribution >= 0.6 is 11.3 Å². The Bertz CT molecular complexity index is 1350. The van der Waals surface area contributed by atoms with Crippen LogP contribution in [0.2, 0.25) is 0 Å². The van der Waals surface area contributed by atoms with E-state index in [1.54, 1.807) is 32.7 Å². The maximum absolute atomic E-state index is 14.8. The third kappa shape index (κ3) is 5.76. The average Bonchev–Trinajstić information content (AvgIpc) is 3.09. The fourth-order valence-corrected chi connectivity index (χ4v) is 5.10. The molecule has 37 heavy (non-hydrogen) atoms. The van der Waals surface area contributed by atoms with Gasteiger partial charge in [-0.15, -0.1) is 11.3 Å². The number of nitrogens with one attached hydrogen (secondary N) is 1. The Morgan fingerprint density at radius 1 is 1.24 bits per heavy atom. The number of fused-ring (bicyclic) bond motifs is 1. The molecule has 0 atom stereocenters. The summed E-state index contributed by atoms with van der Waals surface area (Å²) >= 11 is 1.20. The van der Waals surface area contributed by atoms with E-state index in [0.29, 0.717) is 28.5 Å². The Morgan fingerprint density at radius 3 is 2.62 bits per heavy atom. The number of hydrogen-bond acceptors (Lipinski definition) is 7. The van der Waals surface area contributed by atoms with Gasteiger partial charge in [-0.3, -0.25) is 4.79 Å². The Labute approximate surface area is 218 Å². The molecule has 4 rings (SSSR count). The molecular weight excluding hydrogens is 500 g/mol. The molecule has 0 bridgehead atoms. The van der Waals surface area contributed by atoms with Crippen LogP contribution < -0.4 is 16.0 Å². The number of carbonyl (C=O) groups excluding carboxylic acids is 2. The number of hydrogen-bond donors (Lipinski definition) is 2. The lowest BCUT2D eigenvalue weighted by Crippen LogP contribution is -2.60. The summed E-state index contributed by atoms with van der Waals surface area (Å²) in [5.41, 5.74) is 6.99. The monoisotopic (exact) mass is 531 g/mol. The highest BCUT2D eigenvalue weighted by Crippen LogP contribution is 2.33. The second-order valence-corrected chi connectivity index (χ2v) is 11.2. The lowest BCUT2D eigenvalue weighted by molar-refractivity contribution is 0.0196. The van der Waals surface area contributed by atoms with Gasteiger partial charge in [-0.25, -0.2) is 18.6 Å². The van der Waals surface area contributed by atoms with E-state index in [0.717, 1.165) is 23.2 Å². The first kappa shape index (κ1) is 26.6. The number of nitrogens with two attached hydrogens (primary N) is 1. The topological polar surface area (TPSA) is 101 Å². The highest BCUT2D eigenvalue weighted by Gasteiger charge is 2.36. The van der Waals surface area contributed by atoms with E-state index in [9.17, 15) is 18.4 Å². The standard InChI is InChI=1S/C26H31F2N5O3S/c1-14-6-7-17-21(29)22(37-24(17)31-14)23(34)30-9-8-15-10-19(28)20(11-18(15)27)33-12-16(13-33)32(5)25(35)36-26(2,3)4/h6-7,10-11,16H,8-9,12-13,29H2,1-5H3,(H,30,34). The number of halogens is 2. The third-order valence-electron chi connectivity index (χ3n) is 6.17. The summed E-state index contributed by atoms with van der Waals surface area (Å²) in [5.74, 6) is -1.50. The fraction of sp³-hybridized carbons (Fsp3) is 0.423. The van der Waals surface area contributed by atoms with Crippen molar-refractivity contribution in [2.45, 2.75) is 45.8 Å². The molecule has 1 aliphatic heterocycles. The number of carbonyl (C=O) groups is 2. The highest BCUT2D eigenvalue weighted by atomic mass is 32.1. The van der Waals surface area contributed by atoms with Crippen LogP contribution in [0.5, 0.6) is 0 Å². The molecule has 8 nitrogen and oxygen atoms in total. The van der Waals surface area contributed by atoms with Crippen LogP contribution in [-0.4, -0.2) is 60.2 Å². The van der Waals surface area contributed by atoms with Gasteiger partial charge in [0.1, 0.15) is 26.9 Å². The molecule has 2 amide bonds. The number of nitrogen functional groups attached to an aromatic ring is 1. The minimum atomic E-state index is -0.611. The number of aryl methyl sites for hydroxylation is 1. The van der Waals surface area contributed by atoms with Crippen LogP contribution in [0.25, 0.3) is 10.2 Å². The zero-order valence-corrected chi connectivity index (χ0v) is 22.3. The molecule has 3 heterocycles. The summed E-state index contributed by atoms with van der Waals surface area (Å²) in [5, 5.41) is 3.45. The van der Waals surface area contributed by atoms with Gasteiger partial charge in [0.25, 0.3) is 5.91 Å². The van der Waals surface area contributed by atoms with Crippen molar-refractivity contribution in [3.05, 3.63) is 52.0 Å². The van der Waals surface area contributed by atoms with E-state index in [2.05, 4.69) is 10.3 Å². The van der Waals surface area contributed by atoms with Crippen molar-refractivity contribution in [1.29, 1.82) is 0 Å². The Balaban J connectivity index is 1.33. The number of anilines is 2. The molecule has 2 aromatic heterocycles. The maximum atomic E-state index is 14.8. The molecule has 1 saturated heterocycles. The minimum absolute atomic E-state index is 0.112. The maximum Gasteiger partial charge on any atom is 0.410 e. The molecule has 0 radical (unpaired) electrons.